The smallest absolute Gasteiger partial charge is 0.124 e. The largest absolute Gasteiger partial charge is 0.355 e. The third kappa shape index (κ3) is 4.27. The van der Waals surface area contributed by atoms with Gasteiger partial charge in [-0.15, -0.1) is 11.3 Å². The van der Waals surface area contributed by atoms with Crippen LogP contribution in [-0.2, 0) is 5.41 Å². The Labute approximate surface area is 245 Å². The highest BCUT2D eigenvalue weighted by Crippen LogP contribution is 2.43. The number of rotatable bonds is 4. The predicted molar refractivity (Wildman–Crippen MR) is 175 cm³/mol. The first-order valence-corrected chi connectivity index (χ1v) is 15.0. The molecule has 5 heteroatoms. The van der Waals surface area contributed by atoms with Crippen LogP contribution in [0.2, 0.25) is 0 Å². The SMILES string of the molecule is Cc1cc(N2CN(C)c3ccccc32)cc(C(C)(C)c2cc(C)cc(-c3cccc4c3sc3nc(C)ccc34)n2)c1. The first-order valence-electron chi connectivity index (χ1n) is 14.2. The fourth-order valence-corrected chi connectivity index (χ4v) is 7.37. The number of pyridine rings is 2. The Kier molecular flexibility index (Phi) is 5.91. The summed E-state index contributed by atoms with van der Waals surface area (Å²) < 4.78 is 1.25. The normalized spacial score (nSPS) is 13.4. The lowest BCUT2D eigenvalue weighted by Crippen LogP contribution is -2.25. The van der Waals surface area contributed by atoms with Crippen LogP contribution in [0.1, 0.15) is 41.9 Å². The molecule has 204 valence electrons. The van der Waals surface area contributed by atoms with E-state index in [1.165, 1.54) is 54.8 Å². The van der Waals surface area contributed by atoms with E-state index in [-0.39, 0.29) is 5.41 Å². The first-order chi connectivity index (χ1) is 19.7. The van der Waals surface area contributed by atoms with Crippen LogP contribution in [-0.4, -0.2) is 23.7 Å². The van der Waals surface area contributed by atoms with Gasteiger partial charge in [-0.3, -0.25) is 4.98 Å². The van der Waals surface area contributed by atoms with Gasteiger partial charge in [-0.2, -0.15) is 0 Å². The average Bonchev–Trinajstić information content (AvgIpc) is 3.49. The molecule has 6 aromatic rings. The van der Waals surface area contributed by atoms with Gasteiger partial charge < -0.3 is 9.80 Å². The van der Waals surface area contributed by atoms with Crippen molar-refractivity contribution in [1.29, 1.82) is 0 Å². The molecule has 0 aliphatic carbocycles. The van der Waals surface area contributed by atoms with Crippen LogP contribution >= 0.6 is 11.3 Å². The molecule has 0 amide bonds. The van der Waals surface area contributed by atoms with Gasteiger partial charge in [0.25, 0.3) is 0 Å². The van der Waals surface area contributed by atoms with Crippen LogP contribution in [0.15, 0.2) is 84.9 Å². The summed E-state index contributed by atoms with van der Waals surface area (Å²) in [5.74, 6) is 0. The Morgan fingerprint density at radius 2 is 1.54 bits per heavy atom. The highest BCUT2D eigenvalue weighted by atomic mass is 32.1. The number of aromatic nitrogens is 2. The summed E-state index contributed by atoms with van der Waals surface area (Å²) in [6.07, 6.45) is 0. The highest BCUT2D eigenvalue weighted by molar-refractivity contribution is 7.26. The van der Waals surface area contributed by atoms with Crippen LogP contribution in [0.5, 0.6) is 0 Å². The zero-order valence-electron chi connectivity index (χ0n) is 24.5. The molecule has 0 saturated carbocycles. The molecule has 1 aliphatic rings. The fourth-order valence-electron chi connectivity index (χ4n) is 6.13. The van der Waals surface area contributed by atoms with Gasteiger partial charge in [0.1, 0.15) is 4.83 Å². The first kappa shape index (κ1) is 25.7. The molecule has 41 heavy (non-hydrogen) atoms. The number of nitrogens with zero attached hydrogens (tertiary/aromatic N) is 4. The molecule has 0 N–H and O–H groups in total. The minimum atomic E-state index is -0.292. The van der Waals surface area contributed by atoms with E-state index in [1.54, 1.807) is 11.3 Å². The summed E-state index contributed by atoms with van der Waals surface area (Å²) in [5, 5.41) is 2.46. The van der Waals surface area contributed by atoms with Crippen LogP contribution in [0.25, 0.3) is 31.6 Å². The number of para-hydroxylation sites is 2. The molecule has 0 bridgehead atoms. The Bertz CT molecular complexity index is 1970. The molecule has 0 unspecified atom stereocenters. The molecule has 0 atom stereocenters. The van der Waals surface area contributed by atoms with Crippen LogP contribution in [0, 0.1) is 20.8 Å². The van der Waals surface area contributed by atoms with Crippen LogP contribution in [0.3, 0.4) is 0 Å². The molecule has 0 saturated heterocycles. The zero-order chi connectivity index (χ0) is 28.5. The Morgan fingerprint density at radius 3 is 2.37 bits per heavy atom. The quantitative estimate of drug-likeness (QED) is 0.217. The maximum atomic E-state index is 5.36. The van der Waals surface area contributed by atoms with Gasteiger partial charge in [0, 0.05) is 44.9 Å². The summed E-state index contributed by atoms with van der Waals surface area (Å²) in [4.78, 5) is 16.0. The maximum absolute atomic E-state index is 5.36. The van der Waals surface area contributed by atoms with Gasteiger partial charge in [0.2, 0.25) is 0 Å². The summed E-state index contributed by atoms with van der Waals surface area (Å²) in [6, 6.07) is 30.9. The van der Waals surface area contributed by atoms with Crippen molar-refractivity contribution in [3.8, 4) is 11.3 Å². The van der Waals surface area contributed by atoms with Crippen molar-refractivity contribution in [2.75, 3.05) is 23.5 Å². The molecular formula is C36H34N4S. The third-order valence-electron chi connectivity index (χ3n) is 8.42. The van der Waals surface area contributed by atoms with Crippen molar-refractivity contribution in [2.45, 2.75) is 40.0 Å². The van der Waals surface area contributed by atoms with E-state index < -0.39 is 0 Å². The highest BCUT2D eigenvalue weighted by Gasteiger charge is 2.29. The van der Waals surface area contributed by atoms with Gasteiger partial charge in [-0.1, -0.05) is 50.2 Å². The molecule has 3 aromatic carbocycles. The van der Waals surface area contributed by atoms with E-state index in [2.05, 4.69) is 136 Å². The topological polar surface area (TPSA) is 32.3 Å². The molecule has 0 fully saturated rings. The number of hydrogen-bond acceptors (Lipinski definition) is 5. The summed E-state index contributed by atoms with van der Waals surface area (Å²) in [6.45, 7) is 11.9. The molecule has 0 spiro atoms. The van der Waals surface area contributed by atoms with Gasteiger partial charge in [0.05, 0.1) is 29.4 Å². The van der Waals surface area contributed by atoms with E-state index in [0.29, 0.717) is 0 Å². The lowest BCUT2D eigenvalue weighted by molar-refractivity contribution is 0.616. The van der Waals surface area contributed by atoms with Crippen molar-refractivity contribution in [3.63, 3.8) is 0 Å². The van der Waals surface area contributed by atoms with Crippen molar-refractivity contribution >= 4 is 48.7 Å². The Balaban J connectivity index is 1.33. The summed E-state index contributed by atoms with van der Waals surface area (Å²) in [7, 11) is 2.16. The number of anilines is 3. The van der Waals surface area contributed by atoms with Gasteiger partial charge in [-0.05, 0) is 86.0 Å². The van der Waals surface area contributed by atoms with Crippen molar-refractivity contribution in [2.24, 2.45) is 0 Å². The molecule has 4 heterocycles. The number of fused-ring (bicyclic) bond motifs is 4. The number of aryl methyl sites for hydroxylation is 3. The van der Waals surface area contributed by atoms with E-state index in [9.17, 15) is 0 Å². The number of thiophene rings is 1. The lowest BCUT2D eigenvalue weighted by Gasteiger charge is -2.29. The minimum absolute atomic E-state index is 0.292. The lowest BCUT2D eigenvalue weighted by atomic mass is 9.79. The van der Waals surface area contributed by atoms with E-state index in [4.69, 9.17) is 9.97 Å². The molecule has 3 aromatic heterocycles. The van der Waals surface area contributed by atoms with Gasteiger partial charge in [-0.25, -0.2) is 4.98 Å². The number of hydrogen-bond donors (Lipinski definition) is 0. The summed E-state index contributed by atoms with van der Waals surface area (Å²) >= 11 is 1.76. The third-order valence-corrected chi connectivity index (χ3v) is 9.57. The molecule has 1 aliphatic heterocycles. The zero-order valence-corrected chi connectivity index (χ0v) is 25.3. The summed E-state index contributed by atoms with van der Waals surface area (Å²) in [5.41, 5.74) is 11.5. The maximum Gasteiger partial charge on any atom is 0.124 e. The second-order valence-electron chi connectivity index (χ2n) is 11.9. The van der Waals surface area contributed by atoms with Gasteiger partial charge >= 0.3 is 0 Å². The molecule has 0 radical (unpaired) electrons. The Morgan fingerprint density at radius 1 is 0.756 bits per heavy atom. The second kappa shape index (κ2) is 9.42. The number of benzene rings is 3. The van der Waals surface area contributed by atoms with Crippen molar-refractivity contribution < 1.29 is 0 Å². The van der Waals surface area contributed by atoms with E-state index >= 15 is 0 Å². The predicted octanol–water partition coefficient (Wildman–Crippen LogP) is 9.31. The molecular weight excluding hydrogens is 520 g/mol. The monoisotopic (exact) mass is 554 g/mol. The van der Waals surface area contributed by atoms with Crippen molar-refractivity contribution in [1.82, 2.24) is 9.97 Å². The van der Waals surface area contributed by atoms with Crippen LogP contribution < -0.4 is 9.80 Å². The Hall–Kier alpha value is -4.22. The minimum Gasteiger partial charge on any atom is -0.355 e. The van der Waals surface area contributed by atoms with Crippen LogP contribution in [0.4, 0.5) is 17.1 Å². The fraction of sp³-hybridized carbons (Fsp3) is 0.222. The van der Waals surface area contributed by atoms with Gasteiger partial charge in [0.15, 0.2) is 0 Å². The average molecular weight is 555 g/mol. The molecule has 4 nitrogen and oxygen atoms in total. The standard InChI is InChI=1S/C36H34N4S/c1-22-16-25(20-26(17-22)40-21-39(6)31-12-7-8-13-32(31)40)36(4,5)33-19-23(2)18-30(38-33)29-11-9-10-27-28-15-14-24(3)37-35(28)41-34(27)29/h7-20H,21H2,1-6H3. The molecule has 7 rings (SSSR count). The van der Waals surface area contributed by atoms with Crippen molar-refractivity contribution in [3.05, 3.63) is 113 Å². The van der Waals surface area contributed by atoms with E-state index in [1.807, 2.05) is 0 Å². The second-order valence-corrected chi connectivity index (χ2v) is 12.9. The van der Waals surface area contributed by atoms with E-state index in [0.717, 1.165) is 28.6 Å².